The van der Waals surface area contributed by atoms with Gasteiger partial charge in [-0.25, -0.2) is 4.39 Å². The van der Waals surface area contributed by atoms with Crippen molar-refractivity contribution >= 4 is 17.5 Å². The average Bonchev–Trinajstić information content (AvgIpc) is 2.48. The Morgan fingerprint density at radius 1 is 1.29 bits per heavy atom. The first-order chi connectivity index (χ1) is 9.90. The van der Waals surface area contributed by atoms with Crippen LogP contribution >= 0.6 is 0 Å². The maximum Gasteiger partial charge on any atom is 0.253 e. The topological polar surface area (TPSA) is 66.6 Å². The van der Waals surface area contributed by atoms with E-state index < -0.39 is 5.82 Å². The monoisotopic (exact) mass is 293 g/mol. The summed E-state index contributed by atoms with van der Waals surface area (Å²) in [4.78, 5) is 27.5. The van der Waals surface area contributed by atoms with Gasteiger partial charge in [0.25, 0.3) is 5.91 Å². The number of likely N-dealkylation sites (tertiary alicyclic amines) is 1. The van der Waals surface area contributed by atoms with Crippen LogP contribution in [0.1, 0.15) is 23.2 Å². The van der Waals surface area contributed by atoms with Crippen LogP contribution in [-0.4, -0.2) is 48.8 Å². The minimum atomic E-state index is -0.526. The Balaban J connectivity index is 2.00. The van der Waals surface area contributed by atoms with Crippen molar-refractivity contribution in [1.82, 2.24) is 9.80 Å². The lowest BCUT2D eigenvalue weighted by atomic mass is 9.95. The van der Waals surface area contributed by atoms with Gasteiger partial charge in [0.15, 0.2) is 0 Å². The summed E-state index contributed by atoms with van der Waals surface area (Å²) >= 11 is 0. The maximum absolute atomic E-state index is 13.1. The van der Waals surface area contributed by atoms with Gasteiger partial charge in [-0.2, -0.15) is 0 Å². The van der Waals surface area contributed by atoms with Crippen molar-refractivity contribution in [3.63, 3.8) is 0 Å². The van der Waals surface area contributed by atoms with Gasteiger partial charge in [-0.1, -0.05) is 0 Å². The van der Waals surface area contributed by atoms with Gasteiger partial charge in [0, 0.05) is 38.7 Å². The molecule has 1 saturated heterocycles. The number of carbonyl (C=O) groups excluding carboxylic acids is 2. The first-order valence-electron chi connectivity index (χ1n) is 6.95. The molecule has 1 aromatic rings. The van der Waals surface area contributed by atoms with E-state index in [0.717, 1.165) is 0 Å². The molecular formula is C15H20FN3O2. The summed E-state index contributed by atoms with van der Waals surface area (Å²) in [6.07, 6.45) is 1.30. The number of hydrogen-bond donors (Lipinski definition) is 1. The SMILES string of the molecule is CN(C)C(=O)C1CCN(C(=O)c2ccc(F)c(N)c2)CC1. The number of anilines is 1. The number of piperidine rings is 1. The van der Waals surface area contributed by atoms with E-state index in [0.29, 0.717) is 31.5 Å². The minimum Gasteiger partial charge on any atom is -0.396 e. The molecule has 2 amide bonds. The summed E-state index contributed by atoms with van der Waals surface area (Å²) in [6.45, 7) is 1.06. The Kier molecular flexibility index (Phi) is 4.45. The number of amides is 2. The van der Waals surface area contributed by atoms with Crippen LogP contribution < -0.4 is 5.73 Å². The van der Waals surface area contributed by atoms with E-state index in [1.807, 2.05) is 0 Å². The molecule has 5 nitrogen and oxygen atoms in total. The van der Waals surface area contributed by atoms with E-state index in [4.69, 9.17) is 5.73 Å². The molecule has 6 heteroatoms. The van der Waals surface area contributed by atoms with Gasteiger partial charge in [0.05, 0.1) is 5.69 Å². The molecule has 1 aliphatic rings. The van der Waals surface area contributed by atoms with Crippen molar-refractivity contribution in [2.24, 2.45) is 5.92 Å². The zero-order chi connectivity index (χ0) is 15.6. The van der Waals surface area contributed by atoms with Crippen LogP contribution in [0.4, 0.5) is 10.1 Å². The Morgan fingerprint density at radius 2 is 1.90 bits per heavy atom. The summed E-state index contributed by atoms with van der Waals surface area (Å²) in [5, 5.41) is 0. The predicted molar refractivity (Wildman–Crippen MR) is 78.1 cm³/mol. The fraction of sp³-hybridized carbons (Fsp3) is 0.467. The number of hydrogen-bond acceptors (Lipinski definition) is 3. The normalized spacial score (nSPS) is 15.9. The maximum atomic E-state index is 13.1. The molecule has 1 fully saturated rings. The second-order valence-electron chi connectivity index (χ2n) is 5.54. The highest BCUT2D eigenvalue weighted by molar-refractivity contribution is 5.95. The van der Waals surface area contributed by atoms with Crippen LogP contribution in [-0.2, 0) is 4.79 Å². The van der Waals surface area contributed by atoms with Gasteiger partial charge in [0.1, 0.15) is 5.82 Å². The highest BCUT2D eigenvalue weighted by Gasteiger charge is 2.28. The number of carbonyl (C=O) groups is 2. The third-order valence-electron chi connectivity index (χ3n) is 3.82. The quantitative estimate of drug-likeness (QED) is 0.837. The lowest BCUT2D eigenvalue weighted by molar-refractivity contribution is -0.134. The number of benzene rings is 1. The molecule has 1 heterocycles. The van der Waals surface area contributed by atoms with Crippen molar-refractivity contribution < 1.29 is 14.0 Å². The zero-order valence-corrected chi connectivity index (χ0v) is 12.3. The summed E-state index contributed by atoms with van der Waals surface area (Å²) in [6, 6.07) is 3.99. The summed E-state index contributed by atoms with van der Waals surface area (Å²) in [7, 11) is 3.47. The van der Waals surface area contributed by atoms with Gasteiger partial charge in [-0.05, 0) is 31.0 Å². The Morgan fingerprint density at radius 3 is 2.43 bits per heavy atom. The second kappa shape index (κ2) is 6.11. The number of rotatable bonds is 2. The molecular weight excluding hydrogens is 273 g/mol. The summed E-state index contributed by atoms with van der Waals surface area (Å²) in [5.74, 6) is -0.616. The van der Waals surface area contributed by atoms with Gasteiger partial charge in [-0.3, -0.25) is 9.59 Å². The fourth-order valence-electron chi connectivity index (χ4n) is 2.55. The van der Waals surface area contributed by atoms with Crippen LogP contribution in [0.5, 0.6) is 0 Å². The third kappa shape index (κ3) is 3.32. The molecule has 0 aromatic heterocycles. The van der Waals surface area contributed by atoms with E-state index in [-0.39, 0.29) is 23.4 Å². The fourth-order valence-corrected chi connectivity index (χ4v) is 2.55. The molecule has 0 radical (unpaired) electrons. The smallest absolute Gasteiger partial charge is 0.253 e. The molecule has 0 unspecified atom stereocenters. The highest BCUT2D eigenvalue weighted by Crippen LogP contribution is 2.21. The van der Waals surface area contributed by atoms with Crippen LogP contribution in [0.25, 0.3) is 0 Å². The zero-order valence-electron chi connectivity index (χ0n) is 12.3. The molecule has 21 heavy (non-hydrogen) atoms. The van der Waals surface area contributed by atoms with Crippen molar-refractivity contribution in [2.75, 3.05) is 32.9 Å². The molecule has 0 spiro atoms. The van der Waals surface area contributed by atoms with Crippen molar-refractivity contribution in [3.05, 3.63) is 29.6 Å². The highest BCUT2D eigenvalue weighted by atomic mass is 19.1. The number of nitrogen functional groups attached to an aromatic ring is 1. The Labute approximate surface area is 123 Å². The van der Waals surface area contributed by atoms with Crippen molar-refractivity contribution in [3.8, 4) is 0 Å². The minimum absolute atomic E-state index is 0.0256. The molecule has 0 atom stereocenters. The number of nitrogens with zero attached hydrogens (tertiary/aromatic N) is 2. The van der Waals surface area contributed by atoms with Gasteiger partial charge in [-0.15, -0.1) is 0 Å². The first kappa shape index (κ1) is 15.3. The molecule has 2 N–H and O–H groups in total. The van der Waals surface area contributed by atoms with Crippen LogP contribution in [0.3, 0.4) is 0 Å². The van der Waals surface area contributed by atoms with Crippen molar-refractivity contribution in [1.29, 1.82) is 0 Å². The Hall–Kier alpha value is -2.11. The standard InChI is InChI=1S/C15H20FN3O2/c1-18(2)14(20)10-5-7-19(8-6-10)15(21)11-3-4-12(16)13(17)9-11/h3-4,9-10H,5-8,17H2,1-2H3. The lowest BCUT2D eigenvalue weighted by Gasteiger charge is -2.32. The van der Waals surface area contributed by atoms with Gasteiger partial charge >= 0.3 is 0 Å². The lowest BCUT2D eigenvalue weighted by Crippen LogP contribution is -2.42. The van der Waals surface area contributed by atoms with Crippen LogP contribution in [0, 0.1) is 11.7 Å². The third-order valence-corrected chi connectivity index (χ3v) is 3.82. The van der Waals surface area contributed by atoms with E-state index in [1.54, 1.807) is 23.9 Å². The average molecular weight is 293 g/mol. The molecule has 1 aromatic carbocycles. The van der Waals surface area contributed by atoms with Crippen molar-refractivity contribution in [2.45, 2.75) is 12.8 Å². The largest absolute Gasteiger partial charge is 0.396 e. The van der Waals surface area contributed by atoms with Gasteiger partial charge in [0.2, 0.25) is 5.91 Å². The van der Waals surface area contributed by atoms with Crippen LogP contribution in [0.2, 0.25) is 0 Å². The van der Waals surface area contributed by atoms with E-state index in [2.05, 4.69) is 0 Å². The molecule has 0 aliphatic carbocycles. The van der Waals surface area contributed by atoms with Crippen LogP contribution in [0.15, 0.2) is 18.2 Å². The molecule has 0 bridgehead atoms. The number of nitrogens with two attached hydrogens (primary N) is 1. The molecule has 0 saturated carbocycles. The van der Waals surface area contributed by atoms with E-state index in [9.17, 15) is 14.0 Å². The predicted octanol–water partition coefficient (Wildman–Crippen LogP) is 1.35. The second-order valence-corrected chi connectivity index (χ2v) is 5.54. The van der Waals surface area contributed by atoms with E-state index in [1.165, 1.54) is 18.2 Å². The summed E-state index contributed by atoms with van der Waals surface area (Å²) in [5.41, 5.74) is 5.84. The van der Waals surface area contributed by atoms with E-state index >= 15 is 0 Å². The molecule has 114 valence electrons. The van der Waals surface area contributed by atoms with Gasteiger partial charge < -0.3 is 15.5 Å². The first-order valence-corrected chi connectivity index (χ1v) is 6.95. The summed E-state index contributed by atoms with van der Waals surface area (Å²) < 4.78 is 13.1. The number of halogens is 1. The molecule has 1 aliphatic heterocycles. The molecule has 2 rings (SSSR count). The Bertz CT molecular complexity index is 552.